The number of likely N-dealkylation sites (N-methyl/N-ethyl adjacent to an activating group) is 1. The maximum atomic E-state index is 13.0. The quantitative estimate of drug-likeness (QED) is 0.714. The molecule has 0 fully saturated rings. The van der Waals surface area contributed by atoms with Crippen molar-refractivity contribution < 1.29 is 9.32 Å². The van der Waals surface area contributed by atoms with Crippen LogP contribution in [-0.2, 0) is 6.42 Å². The fourth-order valence-corrected chi connectivity index (χ4v) is 2.75. The molecular formula is C20H21N3O2. The van der Waals surface area contributed by atoms with Gasteiger partial charge in [0.25, 0.3) is 5.91 Å². The van der Waals surface area contributed by atoms with E-state index in [4.69, 9.17) is 4.52 Å². The molecule has 5 nitrogen and oxygen atoms in total. The van der Waals surface area contributed by atoms with Gasteiger partial charge in [0.05, 0.1) is 5.69 Å². The number of hydrogen-bond acceptors (Lipinski definition) is 4. The molecule has 2 heterocycles. The zero-order valence-electron chi connectivity index (χ0n) is 14.7. The van der Waals surface area contributed by atoms with Crippen LogP contribution in [0.25, 0.3) is 11.3 Å². The molecule has 3 rings (SSSR count). The molecule has 0 spiro atoms. The lowest BCUT2D eigenvalue weighted by Gasteiger charge is -2.17. The average Bonchev–Trinajstić information content (AvgIpc) is 3.01. The minimum atomic E-state index is -0.0899. The van der Waals surface area contributed by atoms with E-state index >= 15 is 0 Å². The van der Waals surface area contributed by atoms with Crippen molar-refractivity contribution in [3.8, 4) is 11.3 Å². The highest BCUT2D eigenvalue weighted by atomic mass is 16.5. The van der Waals surface area contributed by atoms with Crippen LogP contribution in [0.4, 0.5) is 0 Å². The Labute approximate surface area is 147 Å². The Morgan fingerprint density at radius 2 is 1.88 bits per heavy atom. The predicted octanol–water partition coefficient (Wildman–Crippen LogP) is 3.67. The van der Waals surface area contributed by atoms with Crippen molar-refractivity contribution in [3.63, 3.8) is 0 Å². The Bertz CT molecular complexity index is 872. The Kier molecular flexibility index (Phi) is 4.93. The molecule has 5 heteroatoms. The lowest BCUT2D eigenvalue weighted by molar-refractivity contribution is 0.0796. The average molecular weight is 335 g/mol. The van der Waals surface area contributed by atoms with Crippen LogP contribution in [0, 0.1) is 13.8 Å². The normalized spacial score (nSPS) is 10.7. The number of benzene rings is 1. The molecule has 0 saturated carbocycles. The van der Waals surface area contributed by atoms with Crippen molar-refractivity contribution in [2.24, 2.45) is 0 Å². The van der Waals surface area contributed by atoms with E-state index in [-0.39, 0.29) is 5.91 Å². The SMILES string of the molecule is Cc1ccccc1-c1onc(C)c1C(=O)N(C)CCc1ccccn1. The highest BCUT2D eigenvalue weighted by Gasteiger charge is 2.25. The van der Waals surface area contributed by atoms with Crippen LogP contribution in [0.5, 0.6) is 0 Å². The summed E-state index contributed by atoms with van der Waals surface area (Å²) in [5.41, 5.74) is 4.03. The summed E-state index contributed by atoms with van der Waals surface area (Å²) < 4.78 is 5.49. The van der Waals surface area contributed by atoms with Gasteiger partial charge in [0.2, 0.25) is 0 Å². The Balaban J connectivity index is 1.83. The minimum absolute atomic E-state index is 0.0899. The van der Waals surface area contributed by atoms with E-state index in [0.717, 1.165) is 16.8 Å². The molecule has 0 aliphatic rings. The van der Waals surface area contributed by atoms with E-state index in [9.17, 15) is 4.79 Å². The maximum absolute atomic E-state index is 13.0. The number of hydrogen-bond donors (Lipinski definition) is 0. The molecule has 0 aliphatic carbocycles. The summed E-state index contributed by atoms with van der Waals surface area (Å²) >= 11 is 0. The van der Waals surface area contributed by atoms with Gasteiger partial charge in [0.15, 0.2) is 5.76 Å². The van der Waals surface area contributed by atoms with Crippen LogP contribution in [0.1, 0.15) is 27.3 Å². The van der Waals surface area contributed by atoms with Gasteiger partial charge in [-0.25, -0.2) is 0 Å². The van der Waals surface area contributed by atoms with Gasteiger partial charge in [-0.1, -0.05) is 35.5 Å². The lowest BCUT2D eigenvalue weighted by atomic mass is 10.0. The molecule has 0 N–H and O–H groups in total. The summed E-state index contributed by atoms with van der Waals surface area (Å²) in [6, 6.07) is 13.6. The van der Waals surface area contributed by atoms with E-state index in [2.05, 4.69) is 10.1 Å². The van der Waals surface area contributed by atoms with Crippen molar-refractivity contribution in [1.29, 1.82) is 0 Å². The summed E-state index contributed by atoms with van der Waals surface area (Å²) in [7, 11) is 1.79. The number of aryl methyl sites for hydroxylation is 2. The molecule has 25 heavy (non-hydrogen) atoms. The standard InChI is InChI=1S/C20H21N3O2/c1-14-8-4-5-10-17(14)19-18(15(2)22-25-19)20(24)23(3)13-11-16-9-6-7-12-21-16/h4-10,12H,11,13H2,1-3H3. The monoisotopic (exact) mass is 335 g/mol. The fraction of sp³-hybridized carbons (Fsp3) is 0.250. The number of rotatable bonds is 5. The molecule has 0 unspecified atom stereocenters. The Morgan fingerprint density at radius 3 is 2.60 bits per heavy atom. The predicted molar refractivity (Wildman–Crippen MR) is 96.3 cm³/mol. The van der Waals surface area contributed by atoms with Gasteiger partial charge in [-0.15, -0.1) is 0 Å². The first-order valence-electron chi connectivity index (χ1n) is 8.25. The van der Waals surface area contributed by atoms with E-state index in [0.29, 0.717) is 30.0 Å². The van der Waals surface area contributed by atoms with Crippen LogP contribution in [0.15, 0.2) is 53.2 Å². The number of nitrogens with zero attached hydrogens (tertiary/aromatic N) is 3. The van der Waals surface area contributed by atoms with Gasteiger partial charge >= 0.3 is 0 Å². The van der Waals surface area contributed by atoms with Crippen LogP contribution in [0.3, 0.4) is 0 Å². The van der Waals surface area contributed by atoms with Gasteiger partial charge < -0.3 is 9.42 Å². The molecule has 0 atom stereocenters. The van der Waals surface area contributed by atoms with Crippen molar-refractivity contribution in [2.75, 3.05) is 13.6 Å². The lowest BCUT2D eigenvalue weighted by Crippen LogP contribution is -2.29. The second-order valence-corrected chi connectivity index (χ2v) is 6.08. The van der Waals surface area contributed by atoms with Gasteiger partial charge in [-0.2, -0.15) is 0 Å². The summed E-state index contributed by atoms with van der Waals surface area (Å²) in [6.45, 7) is 4.37. The van der Waals surface area contributed by atoms with Crippen LogP contribution in [-0.4, -0.2) is 34.5 Å². The summed E-state index contributed by atoms with van der Waals surface area (Å²) in [5, 5.41) is 4.02. The molecule has 0 bridgehead atoms. The Hall–Kier alpha value is -2.95. The third-order valence-electron chi connectivity index (χ3n) is 4.24. The first-order chi connectivity index (χ1) is 12.1. The molecule has 0 radical (unpaired) electrons. The van der Waals surface area contributed by atoms with E-state index in [1.807, 2.05) is 49.4 Å². The van der Waals surface area contributed by atoms with Crippen LogP contribution >= 0.6 is 0 Å². The van der Waals surface area contributed by atoms with Crippen molar-refractivity contribution in [3.05, 3.63) is 71.2 Å². The summed E-state index contributed by atoms with van der Waals surface area (Å²) in [6.07, 6.45) is 2.46. The van der Waals surface area contributed by atoms with E-state index in [1.54, 1.807) is 25.1 Å². The molecular weight excluding hydrogens is 314 g/mol. The van der Waals surface area contributed by atoms with Gasteiger partial charge in [-0.05, 0) is 31.5 Å². The highest BCUT2D eigenvalue weighted by Crippen LogP contribution is 2.29. The summed E-state index contributed by atoms with van der Waals surface area (Å²) in [5.74, 6) is 0.443. The molecule has 128 valence electrons. The molecule has 2 aromatic heterocycles. The number of pyridine rings is 1. The summed E-state index contributed by atoms with van der Waals surface area (Å²) in [4.78, 5) is 18.9. The second-order valence-electron chi connectivity index (χ2n) is 6.08. The smallest absolute Gasteiger partial charge is 0.259 e. The van der Waals surface area contributed by atoms with E-state index < -0.39 is 0 Å². The minimum Gasteiger partial charge on any atom is -0.355 e. The maximum Gasteiger partial charge on any atom is 0.259 e. The molecule has 0 aliphatic heterocycles. The third-order valence-corrected chi connectivity index (χ3v) is 4.24. The van der Waals surface area contributed by atoms with Crippen molar-refractivity contribution in [2.45, 2.75) is 20.3 Å². The number of carbonyl (C=O) groups excluding carboxylic acids is 1. The van der Waals surface area contributed by atoms with Gasteiger partial charge in [0.1, 0.15) is 5.56 Å². The zero-order chi connectivity index (χ0) is 17.8. The molecule has 1 aromatic carbocycles. The highest BCUT2D eigenvalue weighted by molar-refractivity contribution is 6.00. The topological polar surface area (TPSA) is 59.2 Å². The van der Waals surface area contributed by atoms with Crippen LogP contribution < -0.4 is 0 Å². The van der Waals surface area contributed by atoms with E-state index in [1.165, 1.54) is 0 Å². The van der Waals surface area contributed by atoms with Crippen molar-refractivity contribution in [1.82, 2.24) is 15.0 Å². The van der Waals surface area contributed by atoms with Crippen LogP contribution in [0.2, 0.25) is 0 Å². The molecule has 3 aromatic rings. The fourth-order valence-electron chi connectivity index (χ4n) is 2.75. The van der Waals surface area contributed by atoms with Crippen molar-refractivity contribution >= 4 is 5.91 Å². The molecule has 0 saturated heterocycles. The largest absolute Gasteiger partial charge is 0.355 e. The first-order valence-corrected chi connectivity index (χ1v) is 8.25. The third kappa shape index (κ3) is 3.60. The van der Waals surface area contributed by atoms with Gasteiger partial charge in [-0.3, -0.25) is 9.78 Å². The van der Waals surface area contributed by atoms with Gasteiger partial charge in [0, 0.05) is 37.5 Å². The number of aromatic nitrogens is 2. The second kappa shape index (κ2) is 7.30. The number of amides is 1. The zero-order valence-corrected chi connectivity index (χ0v) is 14.7. The first kappa shape index (κ1) is 16.9. The molecule has 1 amide bonds. The Morgan fingerprint density at radius 1 is 1.12 bits per heavy atom. The number of carbonyl (C=O) groups is 1.